The molecule has 1 aliphatic carbocycles. The average Bonchev–Trinajstić information content (AvgIpc) is 3.09. The van der Waals surface area contributed by atoms with E-state index in [0.717, 1.165) is 5.92 Å². The third-order valence-electron chi connectivity index (χ3n) is 5.02. The van der Waals surface area contributed by atoms with E-state index in [-0.39, 0.29) is 5.82 Å². The summed E-state index contributed by atoms with van der Waals surface area (Å²) in [6.07, 6.45) is 6.59. The number of rotatable bonds is 4. The van der Waals surface area contributed by atoms with Crippen molar-refractivity contribution in [3.05, 3.63) is 35.6 Å². The van der Waals surface area contributed by atoms with Gasteiger partial charge in [0.15, 0.2) is 0 Å². The van der Waals surface area contributed by atoms with E-state index >= 15 is 0 Å². The molecule has 1 aromatic carbocycles. The number of halogens is 1. The van der Waals surface area contributed by atoms with Crippen molar-refractivity contribution >= 4 is 0 Å². The van der Waals surface area contributed by atoms with Gasteiger partial charge in [-0.3, -0.25) is 0 Å². The molecule has 1 aliphatic heterocycles. The SMILES string of the molecule is CC(NC1CCCC1C1CCCN1)c1ccc(F)cc1. The molecule has 2 aliphatic rings. The molecule has 1 aromatic rings. The summed E-state index contributed by atoms with van der Waals surface area (Å²) in [6, 6.07) is 8.50. The lowest BCUT2D eigenvalue weighted by atomic mass is 9.92. The van der Waals surface area contributed by atoms with Gasteiger partial charge in [0.1, 0.15) is 5.82 Å². The fourth-order valence-electron chi connectivity index (χ4n) is 3.92. The van der Waals surface area contributed by atoms with E-state index in [1.807, 2.05) is 12.1 Å². The molecular weight excluding hydrogens is 251 g/mol. The van der Waals surface area contributed by atoms with Gasteiger partial charge in [0, 0.05) is 18.1 Å². The Morgan fingerprint density at radius 3 is 2.65 bits per heavy atom. The molecule has 0 amide bonds. The first-order valence-corrected chi connectivity index (χ1v) is 7.99. The Balaban J connectivity index is 1.62. The summed E-state index contributed by atoms with van der Waals surface area (Å²) in [5.74, 6) is 0.607. The standard InChI is InChI=1S/C17H25FN2/c1-12(13-7-9-14(18)10-8-13)20-17-5-2-4-15(17)16-6-3-11-19-16/h7-10,12,15-17,19-20H,2-6,11H2,1H3. The normalized spacial score (nSPS) is 31.6. The summed E-state index contributed by atoms with van der Waals surface area (Å²) < 4.78 is 13.0. The fourth-order valence-corrected chi connectivity index (χ4v) is 3.92. The minimum atomic E-state index is -0.158. The highest BCUT2D eigenvalue weighted by Crippen LogP contribution is 2.33. The second-order valence-corrected chi connectivity index (χ2v) is 6.34. The molecule has 0 radical (unpaired) electrons. The zero-order chi connectivity index (χ0) is 13.9. The molecule has 0 spiro atoms. The quantitative estimate of drug-likeness (QED) is 0.881. The first kappa shape index (κ1) is 14.0. The third kappa shape index (κ3) is 3.04. The average molecular weight is 276 g/mol. The van der Waals surface area contributed by atoms with E-state index in [2.05, 4.69) is 17.6 Å². The van der Waals surface area contributed by atoms with Crippen molar-refractivity contribution in [2.45, 2.75) is 57.2 Å². The summed E-state index contributed by atoms with van der Waals surface area (Å²) in [4.78, 5) is 0. The summed E-state index contributed by atoms with van der Waals surface area (Å²) in [6.45, 7) is 3.37. The number of benzene rings is 1. The predicted molar refractivity (Wildman–Crippen MR) is 80.1 cm³/mol. The highest BCUT2D eigenvalue weighted by atomic mass is 19.1. The van der Waals surface area contributed by atoms with E-state index in [1.165, 1.54) is 44.2 Å². The number of hydrogen-bond acceptors (Lipinski definition) is 2. The lowest BCUT2D eigenvalue weighted by Gasteiger charge is -2.29. The van der Waals surface area contributed by atoms with Crippen molar-refractivity contribution in [3.63, 3.8) is 0 Å². The second kappa shape index (κ2) is 6.23. The Labute approximate surface area is 121 Å². The highest BCUT2D eigenvalue weighted by molar-refractivity contribution is 5.19. The minimum absolute atomic E-state index is 0.158. The van der Waals surface area contributed by atoms with Crippen LogP contribution >= 0.6 is 0 Å². The number of hydrogen-bond donors (Lipinski definition) is 2. The van der Waals surface area contributed by atoms with Gasteiger partial charge >= 0.3 is 0 Å². The predicted octanol–water partition coefficient (Wildman–Crippen LogP) is 3.40. The van der Waals surface area contributed by atoms with E-state index < -0.39 is 0 Å². The van der Waals surface area contributed by atoms with Crippen LogP contribution in [0.15, 0.2) is 24.3 Å². The molecule has 1 saturated carbocycles. The van der Waals surface area contributed by atoms with Crippen LogP contribution in [-0.4, -0.2) is 18.6 Å². The minimum Gasteiger partial charge on any atom is -0.314 e. The molecule has 0 bridgehead atoms. The topological polar surface area (TPSA) is 24.1 Å². The fraction of sp³-hybridized carbons (Fsp3) is 0.647. The molecule has 4 atom stereocenters. The molecule has 3 rings (SSSR count). The van der Waals surface area contributed by atoms with Crippen LogP contribution in [0.4, 0.5) is 4.39 Å². The lowest BCUT2D eigenvalue weighted by molar-refractivity contribution is 0.303. The molecule has 20 heavy (non-hydrogen) atoms. The molecule has 2 fully saturated rings. The van der Waals surface area contributed by atoms with E-state index in [1.54, 1.807) is 12.1 Å². The van der Waals surface area contributed by atoms with Gasteiger partial charge in [0.05, 0.1) is 0 Å². The summed E-state index contributed by atoms with van der Waals surface area (Å²) in [7, 11) is 0. The second-order valence-electron chi connectivity index (χ2n) is 6.34. The van der Waals surface area contributed by atoms with Gasteiger partial charge in [-0.2, -0.15) is 0 Å². The zero-order valence-corrected chi connectivity index (χ0v) is 12.2. The van der Waals surface area contributed by atoms with Crippen LogP contribution in [0.3, 0.4) is 0 Å². The van der Waals surface area contributed by atoms with Gasteiger partial charge in [-0.1, -0.05) is 18.6 Å². The Morgan fingerprint density at radius 1 is 1.15 bits per heavy atom. The smallest absolute Gasteiger partial charge is 0.123 e. The zero-order valence-electron chi connectivity index (χ0n) is 12.2. The van der Waals surface area contributed by atoms with Crippen LogP contribution in [-0.2, 0) is 0 Å². The molecule has 4 unspecified atom stereocenters. The molecule has 0 aromatic heterocycles. The monoisotopic (exact) mass is 276 g/mol. The Morgan fingerprint density at radius 2 is 1.95 bits per heavy atom. The van der Waals surface area contributed by atoms with Gasteiger partial charge in [-0.05, 0) is 62.8 Å². The van der Waals surface area contributed by atoms with Crippen molar-refractivity contribution in [2.24, 2.45) is 5.92 Å². The summed E-state index contributed by atoms with van der Waals surface area (Å²) >= 11 is 0. The van der Waals surface area contributed by atoms with Crippen LogP contribution in [0.2, 0.25) is 0 Å². The lowest BCUT2D eigenvalue weighted by Crippen LogP contribution is -2.42. The van der Waals surface area contributed by atoms with Crippen LogP contribution in [0, 0.1) is 11.7 Å². The van der Waals surface area contributed by atoms with Gasteiger partial charge in [0.25, 0.3) is 0 Å². The molecular formula is C17H25FN2. The Hall–Kier alpha value is -0.930. The van der Waals surface area contributed by atoms with Crippen molar-refractivity contribution in [1.82, 2.24) is 10.6 Å². The van der Waals surface area contributed by atoms with Crippen molar-refractivity contribution in [2.75, 3.05) is 6.54 Å². The van der Waals surface area contributed by atoms with E-state index in [9.17, 15) is 4.39 Å². The van der Waals surface area contributed by atoms with E-state index in [0.29, 0.717) is 18.1 Å². The first-order valence-electron chi connectivity index (χ1n) is 7.99. The van der Waals surface area contributed by atoms with Gasteiger partial charge in [-0.25, -0.2) is 4.39 Å². The molecule has 110 valence electrons. The molecule has 2 N–H and O–H groups in total. The number of nitrogens with one attached hydrogen (secondary N) is 2. The molecule has 2 nitrogen and oxygen atoms in total. The van der Waals surface area contributed by atoms with E-state index in [4.69, 9.17) is 0 Å². The highest BCUT2D eigenvalue weighted by Gasteiger charge is 2.35. The van der Waals surface area contributed by atoms with Crippen LogP contribution in [0.1, 0.15) is 50.6 Å². The summed E-state index contributed by atoms with van der Waals surface area (Å²) in [5.41, 5.74) is 1.18. The van der Waals surface area contributed by atoms with Crippen molar-refractivity contribution in [1.29, 1.82) is 0 Å². The summed E-state index contributed by atoms with van der Waals surface area (Å²) in [5, 5.41) is 7.44. The van der Waals surface area contributed by atoms with Crippen LogP contribution < -0.4 is 10.6 Å². The maximum Gasteiger partial charge on any atom is 0.123 e. The van der Waals surface area contributed by atoms with Crippen molar-refractivity contribution in [3.8, 4) is 0 Å². The van der Waals surface area contributed by atoms with Crippen LogP contribution in [0.25, 0.3) is 0 Å². The largest absolute Gasteiger partial charge is 0.314 e. The van der Waals surface area contributed by atoms with Gasteiger partial charge in [0.2, 0.25) is 0 Å². The maximum atomic E-state index is 13.0. The molecule has 3 heteroatoms. The van der Waals surface area contributed by atoms with Crippen molar-refractivity contribution < 1.29 is 4.39 Å². The Kier molecular flexibility index (Phi) is 4.37. The Bertz CT molecular complexity index is 425. The third-order valence-corrected chi connectivity index (χ3v) is 5.02. The van der Waals surface area contributed by atoms with Gasteiger partial charge < -0.3 is 10.6 Å². The maximum absolute atomic E-state index is 13.0. The molecule has 1 heterocycles. The van der Waals surface area contributed by atoms with Crippen LogP contribution in [0.5, 0.6) is 0 Å². The first-order chi connectivity index (χ1) is 9.74. The van der Waals surface area contributed by atoms with Gasteiger partial charge in [-0.15, -0.1) is 0 Å². The molecule has 1 saturated heterocycles.